The summed E-state index contributed by atoms with van der Waals surface area (Å²) in [5.41, 5.74) is 1.65. The molecule has 3 rings (SSSR count). The molecule has 25 heavy (non-hydrogen) atoms. The first-order chi connectivity index (χ1) is 12.1. The molecule has 1 heterocycles. The van der Waals surface area contributed by atoms with Crippen LogP contribution in [0, 0.1) is 0 Å². The van der Waals surface area contributed by atoms with Gasteiger partial charge < -0.3 is 15.0 Å². The fourth-order valence-electron chi connectivity index (χ4n) is 2.88. The van der Waals surface area contributed by atoms with E-state index in [1.807, 2.05) is 0 Å². The van der Waals surface area contributed by atoms with Gasteiger partial charge in [-0.05, 0) is 43.2 Å². The van der Waals surface area contributed by atoms with Crippen molar-refractivity contribution in [3.63, 3.8) is 0 Å². The summed E-state index contributed by atoms with van der Waals surface area (Å²) in [4.78, 5) is 26.4. The zero-order valence-electron chi connectivity index (χ0n) is 13.9. The maximum atomic E-state index is 12.4. The van der Waals surface area contributed by atoms with E-state index in [-0.39, 0.29) is 11.8 Å². The molecule has 1 aliphatic rings. The lowest BCUT2D eigenvalue weighted by atomic mass is 10.1. The van der Waals surface area contributed by atoms with E-state index in [1.165, 1.54) is 0 Å². The van der Waals surface area contributed by atoms with Crippen LogP contribution in [0.15, 0.2) is 42.5 Å². The summed E-state index contributed by atoms with van der Waals surface area (Å²) in [6.45, 7) is 0.650. The quantitative estimate of drug-likeness (QED) is 0.894. The number of hydrogen-bond donors (Lipinski definition) is 1. The van der Waals surface area contributed by atoms with Gasteiger partial charge in [0.1, 0.15) is 5.75 Å². The Bertz CT molecular complexity index is 807. The number of rotatable bonds is 4. The average molecular weight is 359 g/mol. The van der Waals surface area contributed by atoms with E-state index in [0.717, 1.165) is 12.8 Å². The topological polar surface area (TPSA) is 58.6 Å². The van der Waals surface area contributed by atoms with E-state index in [1.54, 1.807) is 54.5 Å². The van der Waals surface area contributed by atoms with Gasteiger partial charge in [0.2, 0.25) is 5.91 Å². The molecule has 2 aromatic carbocycles. The minimum Gasteiger partial charge on any atom is -0.495 e. The molecule has 0 spiro atoms. The van der Waals surface area contributed by atoms with Crippen molar-refractivity contribution in [1.29, 1.82) is 0 Å². The first-order valence-electron chi connectivity index (χ1n) is 8.14. The number of benzene rings is 2. The molecule has 1 N–H and O–H groups in total. The highest BCUT2D eigenvalue weighted by Gasteiger charge is 2.23. The Hall–Kier alpha value is -2.53. The highest BCUT2D eigenvalue weighted by atomic mass is 35.5. The number of halogens is 1. The average Bonchev–Trinajstić information content (AvgIpc) is 2.62. The van der Waals surface area contributed by atoms with Gasteiger partial charge in [0.05, 0.1) is 23.4 Å². The summed E-state index contributed by atoms with van der Waals surface area (Å²) >= 11 is 6.07. The Labute approximate surface area is 151 Å². The lowest BCUT2D eigenvalue weighted by Crippen LogP contribution is -2.35. The van der Waals surface area contributed by atoms with Crippen molar-refractivity contribution in [2.75, 3.05) is 23.9 Å². The number of carbonyl (C=O) groups is 2. The zero-order chi connectivity index (χ0) is 17.8. The van der Waals surface area contributed by atoms with E-state index in [9.17, 15) is 9.59 Å². The number of methoxy groups -OCH3 is 1. The van der Waals surface area contributed by atoms with Gasteiger partial charge in [-0.3, -0.25) is 9.59 Å². The Balaban J connectivity index is 1.88. The molecule has 0 aromatic heterocycles. The van der Waals surface area contributed by atoms with Gasteiger partial charge in [-0.25, -0.2) is 0 Å². The summed E-state index contributed by atoms with van der Waals surface area (Å²) in [6.07, 6.45) is 2.38. The van der Waals surface area contributed by atoms with Crippen LogP contribution in [0.25, 0.3) is 0 Å². The van der Waals surface area contributed by atoms with E-state index >= 15 is 0 Å². The molecule has 0 bridgehead atoms. The van der Waals surface area contributed by atoms with Gasteiger partial charge in [0.15, 0.2) is 0 Å². The third kappa shape index (κ3) is 3.77. The van der Waals surface area contributed by atoms with Gasteiger partial charge in [0, 0.05) is 18.7 Å². The number of hydrogen-bond acceptors (Lipinski definition) is 3. The summed E-state index contributed by atoms with van der Waals surface area (Å²) in [7, 11) is 1.56. The standard InChI is InChI=1S/C19H19ClN2O3/c1-25-17-10-9-13(12-16(17)22-11-5-4-8-18(22)23)21-19(24)14-6-2-3-7-15(14)20/h2-3,6-7,9-10,12H,4-5,8,11H2,1H3,(H,21,24). The van der Waals surface area contributed by atoms with Crippen LogP contribution in [-0.2, 0) is 4.79 Å². The largest absolute Gasteiger partial charge is 0.495 e. The van der Waals surface area contributed by atoms with Gasteiger partial charge in [-0.1, -0.05) is 23.7 Å². The molecule has 0 unspecified atom stereocenters. The molecule has 0 aliphatic carbocycles. The summed E-state index contributed by atoms with van der Waals surface area (Å²) in [5, 5.41) is 3.22. The van der Waals surface area contributed by atoms with Crippen molar-refractivity contribution >= 4 is 34.8 Å². The van der Waals surface area contributed by atoms with E-state index < -0.39 is 0 Å². The van der Waals surface area contributed by atoms with Crippen molar-refractivity contribution in [3.05, 3.63) is 53.1 Å². The molecule has 2 amide bonds. The molecule has 1 saturated heterocycles. The number of piperidine rings is 1. The van der Waals surface area contributed by atoms with Gasteiger partial charge in [0.25, 0.3) is 5.91 Å². The molecule has 0 atom stereocenters. The fourth-order valence-corrected chi connectivity index (χ4v) is 3.10. The molecule has 1 aliphatic heterocycles. The summed E-state index contributed by atoms with van der Waals surface area (Å²) in [6, 6.07) is 12.1. The first kappa shape index (κ1) is 17.3. The third-order valence-electron chi connectivity index (χ3n) is 4.17. The third-order valence-corrected chi connectivity index (χ3v) is 4.50. The van der Waals surface area contributed by atoms with Crippen LogP contribution in [0.1, 0.15) is 29.6 Å². The summed E-state index contributed by atoms with van der Waals surface area (Å²) in [5.74, 6) is 0.372. The minimum absolute atomic E-state index is 0.0686. The zero-order valence-corrected chi connectivity index (χ0v) is 14.7. The Morgan fingerprint density at radius 1 is 1.20 bits per heavy atom. The van der Waals surface area contributed by atoms with Crippen LogP contribution in [0.3, 0.4) is 0 Å². The lowest BCUT2D eigenvalue weighted by molar-refractivity contribution is -0.119. The van der Waals surface area contributed by atoms with E-state index in [4.69, 9.17) is 16.3 Å². The number of anilines is 2. The van der Waals surface area contributed by atoms with Crippen LogP contribution < -0.4 is 15.0 Å². The molecule has 6 heteroatoms. The predicted octanol–water partition coefficient (Wildman–Crippen LogP) is 4.12. The second-order valence-corrected chi connectivity index (χ2v) is 6.23. The second-order valence-electron chi connectivity index (χ2n) is 5.82. The van der Waals surface area contributed by atoms with Crippen molar-refractivity contribution in [2.45, 2.75) is 19.3 Å². The molecule has 5 nitrogen and oxygen atoms in total. The SMILES string of the molecule is COc1ccc(NC(=O)c2ccccc2Cl)cc1N1CCCCC1=O. The normalized spacial score (nSPS) is 14.3. The molecule has 1 fully saturated rings. The van der Waals surface area contributed by atoms with Crippen LogP contribution in [0.2, 0.25) is 5.02 Å². The van der Waals surface area contributed by atoms with Crippen molar-refractivity contribution in [1.82, 2.24) is 0 Å². The molecule has 2 aromatic rings. The first-order valence-corrected chi connectivity index (χ1v) is 8.52. The molecular weight excluding hydrogens is 340 g/mol. The van der Waals surface area contributed by atoms with Gasteiger partial charge in [-0.15, -0.1) is 0 Å². The van der Waals surface area contributed by atoms with Crippen LogP contribution >= 0.6 is 11.6 Å². The van der Waals surface area contributed by atoms with Crippen molar-refractivity contribution in [2.24, 2.45) is 0 Å². The predicted molar refractivity (Wildman–Crippen MR) is 98.6 cm³/mol. The Morgan fingerprint density at radius 3 is 2.72 bits per heavy atom. The van der Waals surface area contributed by atoms with E-state index in [0.29, 0.717) is 40.7 Å². The van der Waals surface area contributed by atoms with Gasteiger partial charge in [-0.2, -0.15) is 0 Å². The van der Waals surface area contributed by atoms with Crippen LogP contribution in [0.5, 0.6) is 5.75 Å². The smallest absolute Gasteiger partial charge is 0.257 e. The maximum Gasteiger partial charge on any atom is 0.257 e. The number of nitrogens with one attached hydrogen (secondary N) is 1. The van der Waals surface area contributed by atoms with E-state index in [2.05, 4.69) is 5.32 Å². The maximum absolute atomic E-state index is 12.4. The highest BCUT2D eigenvalue weighted by Crippen LogP contribution is 2.33. The fraction of sp³-hybridized carbons (Fsp3) is 0.263. The molecule has 0 radical (unpaired) electrons. The Morgan fingerprint density at radius 2 is 2.00 bits per heavy atom. The van der Waals surface area contributed by atoms with Crippen molar-refractivity contribution < 1.29 is 14.3 Å². The number of nitrogens with zero attached hydrogens (tertiary/aromatic N) is 1. The number of ether oxygens (including phenoxy) is 1. The number of carbonyl (C=O) groups excluding carboxylic acids is 2. The van der Waals surface area contributed by atoms with Crippen molar-refractivity contribution in [3.8, 4) is 5.75 Å². The minimum atomic E-state index is -0.299. The lowest BCUT2D eigenvalue weighted by Gasteiger charge is -2.28. The molecule has 130 valence electrons. The number of amides is 2. The molecular formula is C19H19ClN2O3. The monoisotopic (exact) mass is 358 g/mol. The van der Waals surface area contributed by atoms with Gasteiger partial charge >= 0.3 is 0 Å². The molecule has 0 saturated carbocycles. The highest BCUT2D eigenvalue weighted by molar-refractivity contribution is 6.34. The summed E-state index contributed by atoms with van der Waals surface area (Å²) < 4.78 is 5.38. The Kier molecular flexibility index (Phi) is 5.24. The van der Waals surface area contributed by atoms with Crippen LogP contribution in [-0.4, -0.2) is 25.5 Å². The van der Waals surface area contributed by atoms with Crippen LogP contribution in [0.4, 0.5) is 11.4 Å². The second kappa shape index (κ2) is 7.57.